The summed E-state index contributed by atoms with van der Waals surface area (Å²) in [6, 6.07) is 15.0. The van der Waals surface area contributed by atoms with E-state index in [-0.39, 0.29) is 0 Å². The van der Waals surface area contributed by atoms with E-state index < -0.39 is 0 Å². The molecule has 2 rings (SSSR count). The first kappa shape index (κ1) is 15.0. The first-order chi connectivity index (χ1) is 9.90. The van der Waals surface area contributed by atoms with Crippen LogP contribution in [0, 0.1) is 0 Å². The summed E-state index contributed by atoms with van der Waals surface area (Å²) in [5, 5.41) is 2.58. The molecule has 0 fully saturated rings. The van der Waals surface area contributed by atoms with E-state index in [1.807, 2.05) is 0 Å². The van der Waals surface area contributed by atoms with Gasteiger partial charge in [-0.2, -0.15) is 0 Å². The molecule has 0 aliphatic rings. The van der Waals surface area contributed by atoms with Crippen molar-refractivity contribution in [3.8, 4) is 0 Å². The van der Waals surface area contributed by atoms with Crippen molar-refractivity contribution in [3.63, 3.8) is 0 Å². The van der Waals surface area contributed by atoms with Gasteiger partial charge < -0.3 is 10.5 Å². The molecule has 0 spiro atoms. The standard InChI is InChI=1S/C18H25NO/c19-12-6-2-1-3-7-13-20-15-16-10-11-17-8-4-5-9-18(17)14-16/h4-5,8-11,14H,1-3,6-7,12-13,15,19H2. The van der Waals surface area contributed by atoms with Crippen LogP contribution in [0.4, 0.5) is 0 Å². The van der Waals surface area contributed by atoms with Crippen LogP contribution in [0.15, 0.2) is 42.5 Å². The predicted octanol–water partition coefficient (Wildman–Crippen LogP) is 4.27. The number of fused-ring (bicyclic) bond motifs is 1. The number of unbranched alkanes of at least 4 members (excludes halogenated alkanes) is 4. The molecule has 0 unspecified atom stereocenters. The van der Waals surface area contributed by atoms with Crippen LogP contribution in [0.1, 0.15) is 37.7 Å². The van der Waals surface area contributed by atoms with Crippen LogP contribution in [-0.2, 0) is 11.3 Å². The Balaban J connectivity index is 1.65. The molecule has 2 aromatic rings. The molecule has 0 aliphatic carbocycles. The fourth-order valence-electron chi connectivity index (χ4n) is 2.40. The lowest BCUT2D eigenvalue weighted by molar-refractivity contribution is 0.117. The highest BCUT2D eigenvalue weighted by Crippen LogP contribution is 2.16. The second kappa shape index (κ2) is 8.72. The van der Waals surface area contributed by atoms with Gasteiger partial charge in [0.05, 0.1) is 6.61 Å². The zero-order valence-corrected chi connectivity index (χ0v) is 12.2. The summed E-state index contributed by atoms with van der Waals surface area (Å²) in [6.45, 7) is 2.39. The largest absolute Gasteiger partial charge is 0.377 e. The minimum atomic E-state index is 0.716. The Morgan fingerprint density at radius 2 is 1.55 bits per heavy atom. The quantitative estimate of drug-likeness (QED) is 0.691. The maximum absolute atomic E-state index is 5.75. The van der Waals surface area contributed by atoms with E-state index in [1.54, 1.807) is 0 Å². The maximum Gasteiger partial charge on any atom is 0.0717 e. The Labute approximate surface area is 121 Å². The van der Waals surface area contributed by atoms with E-state index in [1.165, 1.54) is 35.6 Å². The highest BCUT2D eigenvalue weighted by Gasteiger charge is 1.97. The molecule has 2 nitrogen and oxygen atoms in total. The summed E-state index contributed by atoms with van der Waals surface area (Å²) in [7, 11) is 0. The molecule has 108 valence electrons. The number of hydrogen-bond donors (Lipinski definition) is 1. The Kier molecular flexibility index (Phi) is 6.55. The number of ether oxygens (including phenoxy) is 1. The van der Waals surface area contributed by atoms with Crippen molar-refractivity contribution in [3.05, 3.63) is 48.0 Å². The van der Waals surface area contributed by atoms with E-state index in [4.69, 9.17) is 10.5 Å². The molecule has 20 heavy (non-hydrogen) atoms. The van der Waals surface area contributed by atoms with Gasteiger partial charge in [-0.3, -0.25) is 0 Å². The minimum Gasteiger partial charge on any atom is -0.377 e. The first-order valence-corrected chi connectivity index (χ1v) is 7.65. The maximum atomic E-state index is 5.75. The first-order valence-electron chi connectivity index (χ1n) is 7.65. The molecule has 0 amide bonds. The third-order valence-electron chi connectivity index (χ3n) is 3.58. The van der Waals surface area contributed by atoms with Gasteiger partial charge in [0, 0.05) is 6.61 Å². The van der Waals surface area contributed by atoms with Gasteiger partial charge in [0.2, 0.25) is 0 Å². The van der Waals surface area contributed by atoms with Gasteiger partial charge in [-0.15, -0.1) is 0 Å². The summed E-state index contributed by atoms with van der Waals surface area (Å²) in [5.41, 5.74) is 6.73. The lowest BCUT2D eigenvalue weighted by Crippen LogP contribution is -1.98. The van der Waals surface area contributed by atoms with Gasteiger partial charge in [0.15, 0.2) is 0 Å². The smallest absolute Gasteiger partial charge is 0.0717 e. The third-order valence-corrected chi connectivity index (χ3v) is 3.58. The number of hydrogen-bond acceptors (Lipinski definition) is 2. The van der Waals surface area contributed by atoms with Crippen LogP contribution in [0.25, 0.3) is 10.8 Å². The van der Waals surface area contributed by atoms with Crippen molar-refractivity contribution in [1.29, 1.82) is 0 Å². The minimum absolute atomic E-state index is 0.716. The monoisotopic (exact) mass is 271 g/mol. The highest BCUT2D eigenvalue weighted by atomic mass is 16.5. The Bertz CT molecular complexity index is 509. The van der Waals surface area contributed by atoms with Gasteiger partial charge in [0.1, 0.15) is 0 Å². The summed E-state index contributed by atoms with van der Waals surface area (Å²) in [5.74, 6) is 0. The third kappa shape index (κ3) is 4.95. The number of nitrogens with two attached hydrogens (primary N) is 1. The van der Waals surface area contributed by atoms with Crippen molar-refractivity contribution in [1.82, 2.24) is 0 Å². The molecular weight excluding hydrogens is 246 g/mol. The second-order valence-corrected chi connectivity index (χ2v) is 5.29. The molecular formula is C18H25NO. The summed E-state index contributed by atoms with van der Waals surface area (Å²) < 4.78 is 5.75. The van der Waals surface area contributed by atoms with Crippen molar-refractivity contribution in [2.24, 2.45) is 5.73 Å². The van der Waals surface area contributed by atoms with E-state index in [2.05, 4.69) is 42.5 Å². The van der Waals surface area contributed by atoms with Gasteiger partial charge >= 0.3 is 0 Å². The lowest BCUT2D eigenvalue weighted by atomic mass is 10.1. The van der Waals surface area contributed by atoms with Gasteiger partial charge in [-0.05, 0) is 41.8 Å². The Morgan fingerprint density at radius 3 is 2.40 bits per heavy atom. The summed E-state index contributed by atoms with van der Waals surface area (Å²) in [6.07, 6.45) is 6.07. The zero-order valence-electron chi connectivity index (χ0n) is 12.2. The van der Waals surface area contributed by atoms with Crippen molar-refractivity contribution in [2.45, 2.75) is 38.7 Å². The van der Waals surface area contributed by atoms with Crippen LogP contribution in [-0.4, -0.2) is 13.2 Å². The van der Waals surface area contributed by atoms with Gasteiger partial charge in [-0.25, -0.2) is 0 Å². The molecule has 0 heterocycles. The van der Waals surface area contributed by atoms with Crippen LogP contribution >= 0.6 is 0 Å². The predicted molar refractivity (Wildman–Crippen MR) is 85.7 cm³/mol. The average Bonchev–Trinajstić information content (AvgIpc) is 2.50. The topological polar surface area (TPSA) is 35.2 Å². The lowest BCUT2D eigenvalue weighted by Gasteiger charge is -2.06. The molecule has 0 saturated carbocycles. The van der Waals surface area contributed by atoms with Crippen LogP contribution in [0.5, 0.6) is 0 Å². The molecule has 2 N–H and O–H groups in total. The molecule has 0 radical (unpaired) electrons. The molecule has 0 aliphatic heterocycles. The van der Waals surface area contributed by atoms with E-state index in [9.17, 15) is 0 Å². The second-order valence-electron chi connectivity index (χ2n) is 5.29. The molecule has 0 bridgehead atoms. The van der Waals surface area contributed by atoms with Crippen molar-refractivity contribution < 1.29 is 4.74 Å². The molecule has 0 atom stereocenters. The Morgan fingerprint density at radius 1 is 0.800 bits per heavy atom. The summed E-state index contributed by atoms with van der Waals surface area (Å²) >= 11 is 0. The number of rotatable bonds is 9. The molecule has 0 saturated heterocycles. The van der Waals surface area contributed by atoms with Crippen LogP contribution in [0.3, 0.4) is 0 Å². The van der Waals surface area contributed by atoms with Gasteiger partial charge in [0.25, 0.3) is 0 Å². The van der Waals surface area contributed by atoms with Gasteiger partial charge in [-0.1, -0.05) is 55.7 Å². The fourth-order valence-corrected chi connectivity index (χ4v) is 2.40. The SMILES string of the molecule is NCCCCCCCOCc1ccc2ccccc2c1. The van der Waals surface area contributed by atoms with Crippen molar-refractivity contribution in [2.75, 3.05) is 13.2 Å². The van der Waals surface area contributed by atoms with E-state index >= 15 is 0 Å². The average molecular weight is 271 g/mol. The number of benzene rings is 2. The van der Waals surface area contributed by atoms with Crippen LogP contribution in [0.2, 0.25) is 0 Å². The van der Waals surface area contributed by atoms with Crippen molar-refractivity contribution >= 4 is 10.8 Å². The summed E-state index contributed by atoms with van der Waals surface area (Å²) in [4.78, 5) is 0. The van der Waals surface area contributed by atoms with E-state index in [0.717, 1.165) is 26.0 Å². The zero-order chi connectivity index (χ0) is 14.0. The molecule has 0 aromatic heterocycles. The fraction of sp³-hybridized carbons (Fsp3) is 0.444. The van der Waals surface area contributed by atoms with Crippen LogP contribution < -0.4 is 5.73 Å². The molecule has 2 aromatic carbocycles. The van der Waals surface area contributed by atoms with E-state index in [0.29, 0.717) is 6.61 Å². The highest BCUT2D eigenvalue weighted by molar-refractivity contribution is 5.82. The Hall–Kier alpha value is -1.38. The molecule has 2 heteroatoms. The normalized spacial score (nSPS) is 11.1.